The highest BCUT2D eigenvalue weighted by Crippen LogP contribution is 2.57. The van der Waals surface area contributed by atoms with Crippen molar-refractivity contribution in [2.75, 3.05) is 6.61 Å². The molecule has 0 heterocycles. The van der Waals surface area contributed by atoms with Crippen molar-refractivity contribution in [3.63, 3.8) is 0 Å². The molecule has 0 bridgehead atoms. The summed E-state index contributed by atoms with van der Waals surface area (Å²) in [5.74, 6) is -2.18. The number of hydrogen-bond donors (Lipinski definition) is 1. The maximum Gasteiger partial charge on any atom is 0.313 e. The molecule has 4 atom stereocenters. The first kappa shape index (κ1) is 29.4. The van der Waals surface area contributed by atoms with Gasteiger partial charge in [-0.2, -0.15) is 0 Å². The molecule has 0 radical (unpaired) electrons. The second-order valence-corrected chi connectivity index (χ2v) is 11.0. The standard InChI is InChI=1S/C14H22O4.C12H18O4/c1-6-10-8-14(10,12(16)17-7-2)9-11(15)18-13(3,4)5;1-5-8-6-12(8,10(14)15)7-9(13)16-11(2,3)4/h6,10H,1,7-9H2,2-5H3;5,8H,1,6-7H2,2-4H3,(H,14,15)/t10-,14-;8-,12-/m11/s1. The van der Waals surface area contributed by atoms with Crippen LogP contribution in [0.3, 0.4) is 0 Å². The first-order valence-electron chi connectivity index (χ1n) is 11.6. The predicted octanol–water partition coefficient (Wildman–Crippen LogP) is 4.47. The van der Waals surface area contributed by atoms with Gasteiger partial charge < -0.3 is 19.3 Å². The zero-order valence-corrected chi connectivity index (χ0v) is 21.6. The number of carboxylic acids is 1. The number of aliphatic carboxylic acids is 1. The predicted molar refractivity (Wildman–Crippen MR) is 127 cm³/mol. The Morgan fingerprint density at radius 2 is 1.24 bits per heavy atom. The first-order chi connectivity index (χ1) is 15.5. The van der Waals surface area contributed by atoms with Gasteiger partial charge in [0, 0.05) is 0 Å². The molecule has 0 aliphatic heterocycles. The lowest BCUT2D eigenvalue weighted by atomic mass is 9.99. The fourth-order valence-corrected chi connectivity index (χ4v) is 3.86. The molecule has 192 valence electrons. The summed E-state index contributed by atoms with van der Waals surface area (Å²) in [6.07, 6.45) is 4.40. The van der Waals surface area contributed by atoms with Crippen LogP contribution in [0.15, 0.2) is 25.3 Å². The largest absolute Gasteiger partial charge is 0.481 e. The number of hydrogen-bond acceptors (Lipinski definition) is 7. The van der Waals surface area contributed by atoms with Crippen LogP contribution in [0, 0.1) is 22.7 Å². The fraction of sp³-hybridized carbons (Fsp3) is 0.692. The van der Waals surface area contributed by atoms with Crippen LogP contribution in [-0.2, 0) is 33.4 Å². The maximum absolute atomic E-state index is 11.9. The van der Waals surface area contributed by atoms with Crippen LogP contribution in [0.2, 0.25) is 0 Å². The molecule has 0 spiro atoms. The van der Waals surface area contributed by atoms with E-state index in [1.54, 1.807) is 60.6 Å². The molecule has 2 aliphatic carbocycles. The van der Waals surface area contributed by atoms with Crippen molar-refractivity contribution in [3.05, 3.63) is 25.3 Å². The van der Waals surface area contributed by atoms with E-state index in [1.807, 2.05) is 0 Å². The molecule has 0 saturated heterocycles. The summed E-state index contributed by atoms with van der Waals surface area (Å²) in [4.78, 5) is 46.4. The number of allylic oxidation sites excluding steroid dienone is 2. The number of carbonyl (C=O) groups excluding carboxylic acids is 3. The van der Waals surface area contributed by atoms with E-state index in [0.29, 0.717) is 19.4 Å². The Balaban J connectivity index is 0.000000342. The monoisotopic (exact) mass is 480 g/mol. The van der Waals surface area contributed by atoms with Crippen LogP contribution >= 0.6 is 0 Å². The number of carboxylic acid groups (broad SMARTS) is 1. The molecule has 0 unspecified atom stereocenters. The summed E-state index contributed by atoms with van der Waals surface area (Å²) >= 11 is 0. The van der Waals surface area contributed by atoms with E-state index in [2.05, 4.69) is 13.2 Å². The molecule has 2 saturated carbocycles. The average Bonchev–Trinajstić information content (AvgIpc) is 3.54. The summed E-state index contributed by atoms with van der Waals surface area (Å²) in [6.45, 7) is 20.0. The molecular formula is C26H40O8. The van der Waals surface area contributed by atoms with Gasteiger partial charge in [-0.25, -0.2) is 0 Å². The molecule has 0 aromatic rings. The Hall–Kier alpha value is -2.64. The van der Waals surface area contributed by atoms with E-state index in [0.717, 1.165) is 0 Å². The van der Waals surface area contributed by atoms with E-state index in [4.69, 9.17) is 19.3 Å². The highest BCUT2D eigenvalue weighted by molar-refractivity contribution is 5.87. The van der Waals surface area contributed by atoms with Gasteiger partial charge in [0.25, 0.3) is 0 Å². The summed E-state index contributed by atoms with van der Waals surface area (Å²) in [5.41, 5.74) is -2.81. The Bertz CT molecular complexity index is 816. The van der Waals surface area contributed by atoms with Gasteiger partial charge in [0.15, 0.2) is 0 Å². The van der Waals surface area contributed by atoms with Crippen molar-refractivity contribution in [3.8, 4) is 0 Å². The molecule has 1 N–H and O–H groups in total. The van der Waals surface area contributed by atoms with Gasteiger partial charge in [-0.05, 0) is 73.1 Å². The molecule has 34 heavy (non-hydrogen) atoms. The van der Waals surface area contributed by atoms with E-state index >= 15 is 0 Å². The number of rotatable bonds is 9. The van der Waals surface area contributed by atoms with E-state index < -0.39 is 34.0 Å². The topological polar surface area (TPSA) is 116 Å². The summed E-state index contributed by atoms with van der Waals surface area (Å²) in [7, 11) is 0. The minimum atomic E-state index is -0.968. The Labute approximate surface area is 202 Å². The SMILES string of the molecule is C=C[C@@H]1C[C@]1(CC(=O)OC(C)(C)C)C(=O)O.C=C[C@@H]1C[C@]1(CC(=O)OC(C)(C)C)C(=O)OCC. The van der Waals surface area contributed by atoms with Gasteiger partial charge in [0.05, 0.1) is 30.3 Å². The summed E-state index contributed by atoms with van der Waals surface area (Å²) in [6, 6.07) is 0. The van der Waals surface area contributed by atoms with Crippen molar-refractivity contribution in [2.45, 2.75) is 85.4 Å². The normalized spacial score (nSPS) is 27.3. The molecule has 8 nitrogen and oxygen atoms in total. The smallest absolute Gasteiger partial charge is 0.313 e. The van der Waals surface area contributed by atoms with Gasteiger partial charge >= 0.3 is 23.9 Å². The lowest BCUT2D eigenvalue weighted by Crippen LogP contribution is -2.29. The van der Waals surface area contributed by atoms with Crippen molar-refractivity contribution in [1.29, 1.82) is 0 Å². The molecule has 0 aromatic carbocycles. The second kappa shape index (κ2) is 10.7. The van der Waals surface area contributed by atoms with E-state index in [-0.39, 0.29) is 36.6 Å². The van der Waals surface area contributed by atoms with Crippen LogP contribution in [-0.4, -0.2) is 46.8 Å². The van der Waals surface area contributed by atoms with Crippen molar-refractivity contribution in [1.82, 2.24) is 0 Å². The number of esters is 3. The van der Waals surface area contributed by atoms with Crippen LogP contribution in [0.1, 0.15) is 74.1 Å². The van der Waals surface area contributed by atoms with Crippen LogP contribution in [0.25, 0.3) is 0 Å². The quantitative estimate of drug-likeness (QED) is 0.292. The summed E-state index contributed by atoms with van der Waals surface area (Å²) < 4.78 is 15.4. The van der Waals surface area contributed by atoms with Crippen molar-refractivity contribution < 1.29 is 38.5 Å². The van der Waals surface area contributed by atoms with Gasteiger partial charge in [0.1, 0.15) is 11.2 Å². The van der Waals surface area contributed by atoms with Gasteiger partial charge in [0.2, 0.25) is 0 Å². The molecule has 0 amide bonds. The van der Waals surface area contributed by atoms with E-state index in [9.17, 15) is 19.2 Å². The second-order valence-electron chi connectivity index (χ2n) is 11.0. The maximum atomic E-state index is 11.9. The minimum absolute atomic E-state index is 0.0177. The van der Waals surface area contributed by atoms with E-state index in [1.165, 1.54) is 0 Å². The molecule has 2 fully saturated rings. The van der Waals surface area contributed by atoms with Crippen molar-refractivity contribution >= 4 is 23.9 Å². The zero-order chi connectivity index (χ0) is 26.5. The fourth-order valence-electron chi connectivity index (χ4n) is 3.86. The molecule has 2 rings (SSSR count). The molecule has 2 aliphatic rings. The third-order valence-electron chi connectivity index (χ3n) is 5.70. The highest BCUT2D eigenvalue weighted by Gasteiger charge is 2.61. The lowest BCUT2D eigenvalue weighted by Gasteiger charge is -2.21. The number of carbonyl (C=O) groups is 4. The summed E-state index contributed by atoms with van der Waals surface area (Å²) in [5, 5.41) is 9.10. The van der Waals surface area contributed by atoms with Gasteiger partial charge in [-0.1, -0.05) is 12.2 Å². The molecular weight excluding hydrogens is 440 g/mol. The third-order valence-corrected chi connectivity index (χ3v) is 5.70. The number of ether oxygens (including phenoxy) is 3. The average molecular weight is 481 g/mol. The van der Waals surface area contributed by atoms with Gasteiger partial charge in [-0.15, -0.1) is 13.2 Å². The zero-order valence-electron chi connectivity index (χ0n) is 21.6. The molecule has 0 aromatic heterocycles. The molecule has 8 heteroatoms. The van der Waals surface area contributed by atoms with Crippen LogP contribution < -0.4 is 0 Å². The van der Waals surface area contributed by atoms with Gasteiger partial charge in [-0.3, -0.25) is 19.2 Å². The van der Waals surface area contributed by atoms with Crippen LogP contribution in [0.5, 0.6) is 0 Å². The Kier molecular flexibility index (Phi) is 9.29. The first-order valence-corrected chi connectivity index (χ1v) is 11.6. The highest BCUT2D eigenvalue weighted by atomic mass is 16.6. The third kappa shape index (κ3) is 7.99. The Morgan fingerprint density at radius 3 is 1.53 bits per heavy atom. The Morgan fingerprint density at radius 1 is 0.853 bits per heavy atom. The lowest BCUT2D eigenvalue weighted by molar-refractivity contribution is -0.163. The minimum Gasteiger partial charge on any atom is -0.481 e. The van der Waals surface area contributed by atoms with Crippen LogP contribution in [0.4, 0.5) is 0 Å². The van der Waals surface area contributed by atoms with Crippen molar-refractivity contribution in [2.24, 2.45) is 22.7 Å².